The second kappa shape index (κ2) is 9.34. The second-order valence-corrected chi connectivity index (χ2v) is 8.70. The highest BCUT2D eigenvalue weighted by molar-refractivity contribution is 9.10. The zero-order valence-electron chi connectivity index (χ0n) is 16.1. The molecule has 1 aliphatic heterocycles. The molecule has 0 radical (unpaired) electrons. The summed E-state index contributed by atoms with van der Waals surface area (Å²) in [5.74, 6) is 0.377. The average Bonchev–Trinajstić information content (AvgIpc) is 2.69. The highest BCUT2D eigenvalue weighted by Crippen LogP contribution is 2.28. The van der Waals surface area contributed by atoms with Gasteiger partial charge in [0.15, 0.2) is 0 Å². The van der Waals surface area contributed by atoms with Crippen LogP contribution in [0.25, 0.3) is 0 Å². The summed E-state index contributed by atoms with van der Waals surface area (Å²) in [6, 6.07) is 11.2. The number of halogens is 1. The van der Waals surface area contributed by atoms with Gasteiger partial charge in [-0.15, -0.1) is 0 Å². The maximum Gasteiger partial charge on any atom is 0.146 e. The predicted molar refractivity (Wildman–Crippen MR) is 112 cm³/mol. The van der Waals surface area contributed by atoms with Crippen molar-refractivity contribution in [1.29, 1.82) is 0 Å². The zero-order chi connectivity index (χ0) is 18.5. The van der Waals surface area contributed by atoms with Crippen molar-refractivity contribution < 1.29 is 4.79 Å². The summed E-state index contributed by atoms with van der Waals surface area (Å²) in [6.07, 6.45) is 4.27. The van der Waals surface area contributed by atoms with Crippen LogP contribution in [-0.4, -0.2) is 65.3 Å². The van der Waals surface area contributed by atoms with E-state index in [1.165, 1.54) is 5.69 Å². The summed E-state index contributed by atoms with van der Waals surface area (Å²) in [5.41, 5.74) is 1.33. The maximum absolute atomic E-state index is 11.9. The van der Waals surface area contributed by atoms with E-state index < -0.39 is 0 Å². The summed E-state index contributed by atoms with van der Waals surface area (Å²) in [7, 11) is 0. The number of hydrogen-bond acceptors (Lipinski definition) is 4. The van der Waals surface area contributed by atoms with Gasteiger partial charge in [0.25, 0.3) is 0 Å². The number of ketones is 1. The Morgan fingerprint density at radius 3 is 2.50 bits per heavy atom. The lowest BCUT2D eigenvalue weighted by Crippen LogP contribution is -2.58. The van der Waals surface area contributed by atoms with Crippen LogP contribution in [0.3, 0.4) is 0 Å². The Morgan fingerprint density at radius 2 is 1.88 bits per heavy atom. The molecular weight excluding hydrogens is 390 g/mol. The van der Waals surface area contributed by atoms with Gasteiger partial charge in [-0.1, -0.05) is 41.1 Å². The fourth-order valence-electron chi connectivity index (χ4n) is 4.39. The molecule has 0 amide bonds. The van der Waals surface area contributed by atoms with Gasteiger partial charge in [0.05, 0.1) is 11.0 Å². The van der Waals surface area contributed by atoms with Crippen LogP contribution in [0.1, 0.15) is 39.5 Å². The highest BCUT2D eigenvalue weighted by Gasteiger charge is 2.34. The SMILES string of the molecule is CCCN(C1CCC(=O)C(Br)C1)C(C)N1CCN(c2ccccc2)CC1. The molecule has 0 bridgehead atoms. The van der Waals surface area contributed by atoms with Gasteiger partial charge in [0, 0.05) is 44.3 Å². The first-order chi connectivity index (χ1) is 12.6. The number of hydrogen-bond donors (Lipinski definition) is 0. The molecule has 144 valence electrons. The van der Waals surface area contributed by atoms with Crippen molar-refractivity contribution in [2.24, 2.45) is 0 Å². The van der Waals surface area contributed by atoms with E-state index in [9.17, 15) is 4.79 Å². The number of anilines is 1. The largest absolute Gasteiger partial charge is 0.369 e. The van der Waals surface area contributed by atoms with Crippen LogP contribution < -0.4 is 4.90 Å². The highest BCUT2D eigenvalue weighted by atomic mass is 79.9. The molecule has 0 N–H and O–H groups in total. The normalized spacial score (nSPS) is 26.3. The Hall–Kier alpha value is -0.910. The van der Waals surface area contributed by atoms with Crippen molar-refractivity contribution >= 4 is 27.4 Å². The summed E-state index contributed by atoms with van der Waals surface area (Å²) in [5, 5.41) is 0. The number of carbonyl (C=O) groups is 1. The molecule has 3 atom stereocenters. The summed E-state index contributed by atoms with van der Waals surface area (Å²) >= 11 is 3.60. The van der Waals surface area contributed by atoms with Gasteiger partial charge in [0.1, 0.15) is 5.78 Å². The van der Waals surface area contributed by atoms with Crippen molar-refractivity contribution in [1.82, 2.24) is 9.80 Å². The molecule has 0 aromatic heterocycles. The molecule has 1 aliphatic carbocycles. The van der Waals surface area contributed by atoms with Gasteiger partial charge in [-0.25, -0.2) is 0 Å². The molecule has 3 unspecified atom stereocenters. The first kappa shape index (κ1) is 19.8. The molecule has 1 heterocycles. The van der Waals surface area contributed by atoms with Crippen LogP contribution in [0.5, 0.6) is 0 Å². The summed E-state index contributed by atoms with van der Waals surface area (Å²) in [6.45, 7) is 10.1. The Labute approximate surface area is 166 Å². The van der Waals surface area contributed by atoms with E-state index in [0.29, 0.717) is 18.0 Å². The molecule has 2 aliphatic rings. The van der Waals surface area contributed by atoms with Crippen LogP contribution in [0.4, 0.5) is 5.69 Å². The fourth-order valence-corrected chi connectivity index (χ4v) is 5.05. The van der Waals surface area contributed by atoms with Crippen LogP contribution >= 0.6 is 15.9 Å². The first-order valence-electron chi connectivity index (χ1n) is 10.1. The Morgan fingerprint density at radius 1 is 1.19 bits per heavy atom. The van der Waals surface area contributed by atoms with E-state index in [1.807, 2.05) is 0 Å². The van der Waals surface area contributed by atoms with Crippen molar-refractivity contribution in [3.63, 3.8) is 0 Å². The van der Waals surface area contributed by atoms with Gasteiger partial charge >= 0.3 is 0 Å². The number of Topliss-reactive ketones (excluding diaryl/α,β-unsaturated/α-hetero) is 1. The van der Waals surface area contributed by atoms with Crippen molar-refractivity contribution in [3.05, 3.63) is 30.3 Å². The number of para-hydroxylation sites is 1. The summed E-state index contributed by atoms with van der Waals surface area (Å²) < 4.78 is 0. The molecule has 4 nitrogen and oxygen atoms in total. The monoisotopic (exact) mass is 421 g/mol. The minimum atomic E-state index is 0.0442. The summed E-state index contributed by atoms with van der Waals surface area (Å²) in [4.78, 5) is 19.7. The first-order valence-corrected chi connectivity index (χ1v) is 11.0. The maximum atomic E-state index is 11.9. The minimum absolute atomic E-state index is 0.0442. The van der Waals surface area contributed by atoms with Crippen LogP contribution in [0, 0.1) is 0 Å². The van der Waals surface area contributed by atoms with Crippen LogP contribution in [0.15, 0.2) is 30.3 Å². The van der Waals surface area contributed by atoms with E-state index in [1.54, 1.807) is 0 Å². The van der Waals surface area contributed by atoms with Crippen molar-refractivity contribution in [2.45, 2.75) is 56.6 Å². The van der Waals surface area contributed by atoms with Crippen LogP contribution in [0.2, 0.25) is 0 Å². The van der Waals surface area contributed by atoms with Gasteiger partial charge in [-0.2, -0.15) is 0 Å². The average molecular weight is 422 g/mol. The molecule has 26 heavy (non-hydrogen) atoms. The van der Waals surface area contributed by atoms with Crippen molar-refractivity contribution in [3.8, 4) is 0 Å². The third-order valence-corrected chi connectivity index (χ3v) is 6.83. The van der Waals surface area contributed by atoms with E-state index in [-0.39, 0.29) is 4.83 Å². The lowest BCUT2D eigenvalue weighted by Gasteiger charge is -2.46. The third kappa shape index (κ3) is 4.68. The van der Waals surface area contributed by atoms with Gasteiger partial charge in [-0.05, 0) is 44.9 Å². The minimum Gasteiger partial charge on any atom is -0.369 e. The lowest BCUT2D eigenvalue weighted by atomic mass is 9.92. The molecule has 0 spiro atoms. The molecule has 1 saturated carbocycles. The van der Waals surface area contributed by atoms with Gasteiger partial charge < -0.3 is 4.90 Å². The number of alkyl halides is 1. The molecular formula is C21H32BrN3O. The lowest BCUT2D eigenvalue weighted by molar-refractivity contribution is -0.121. The predicted octanol–water partition coefficient (Wildman–Crippen LogP) is 3.75. The van der Waals surface area contributed by atoms with E-state index >= 15 is 0 Å². The molecule has 5 heteroatoms. The van der Waals surface area contributed by atoms with E-state index in [2.05, 4.69) is 74.8 Å². The number of rotatable bonds is 6. The van der Waals surface area contributed by atoms with Gasteiger partial charge in [0.2, 0.25) is 0 Å². The third-order valence-electron chi connectivity index (χ3n) is 5.95. The number of nitrogens with zero attached hydrogens (tertiary/aromatic N) is 3. The topological polar surface area (TPSA) is 26.8 Å². The quantitative estimate of drug-likeness (QED) is 0.653. The fraction of sp³-hybridized carbons (Fsp3) is 0.667. The molecule has 2 fully saturated rings. The second-order valence-electron chi connectivity index (χ2n) is 7.59. The van der Waals surface area contributed by atoms with E-state index in [4.69, 9.17) is 0 Å². The smallest absolute Gasteiger partial charge is 0.146 e. The molecule has 1 aromatic carbocycles. The number of piperazine rings is 1. The van der Waals surface area contributed by atoms with Crippen LogP contribution in [-0.2, 0) is 4.79 Å². The Kier molecular flexibility index (Phi) is 7.12. The van der Waals surface area contributed by atoms with Crippen molar-refractivity contribution in [2.75, 3.05) is 37.6 Å². The van der Waals surface area contributed by atoms with Gasteiger partial charge in [-0.3, -0.25) is 14.6 Å². The van der Waals surface area contributed by atoms with E-state index in [0.717, 1.165) is 58.4 Å². The molecule has 1 saturated heterocycles. The number of benzene rings is 1. The standard InChI is InChI=1S/C21H32BrN3O/c1-3-11-25(19-9-10-21(26)20(22)16-19)17(2)23-12-14-24(15-13-23)18-7-5-4-6-8-18/h4-8,17,19-20H,3,9-16H2,1-2H3. The molecule has 1 aromatic rings. The zero-order valence-corrected chi connectivity index (χ0v) is 17.7. The molecule has 3 rings (SSSR count). The number of carbonyl (C=O) groups excluding carboxylic acids is 1. The Bertz CT molecular complexity index is 574. The Balaban J connectivity index is 1.59.